The number of methoxy groups -OCH3 is 1. The summed E-state index contributed by atoms with van der Waals surface area (Å²) < 4.78 is 5.33. The molecule has 3 saturated heterocycles. The number of rotatable bonds is 6. The zero-order valence-electron chi connectivity index (χ0n) is 12.3. The molecule has 3 rings (SSSR count). The first-order chi connectivity index (χ1) is 9.38. The fourth-order valence-corrected chi connectivity index (χ4v) is 4.28. The van der Waals surface area contributed by atoms with Gasteiger partial charge in [-0.25, -0.2) is 0 Å². The van der Waals surface area contributed by atoms with Crippen LogP contribution in [-0.2, 0) is 4.74 Å². The van der Waals surface area contributed by atoms with Gasteiger partial charge in [-0.2, -0.15) is 0 Å². The molecule has 3 fully saturated rings. The third-order valence-electron chi connectivity index (χ3n) is 5.24. The quantitative estimate of drug-likeness (QED) is 0.775. The van der Waals surface area contributed by atoms with E-state index in [0.29, 0.717) is 6.04 Å². The zero-order chi connectivity index (χ0) is 13.1. The van der Waals surface area contributed by atoms with Gasteiger partial charge in [-0.15, -0.1) is 0 Å². The number of nitrogens with one attached hydrogen (secondary N) is 1. The Kier molecular flexibility index (Phi) is 4.74. The number of ether oxygens (including phenoxy) is 1. The molecular formula is C15H29N3O. The molecule has 0 saturated carbocycles. The van der Waals surface area contributed by atoms with Crippen molar-refractivity contribution in [3.05, 3.63) is 0 Å². The van der Waals surface area contributed by atoms with Gasteiger partial charge in [0.25, 0.3) is 0 Å². The zero-order valence-corrected chi connectivity index (χ0v) is 12.3. The fourth-order valence-electron chi connectivity index (χ4n) is 4.28. The smallest absolute Gasteiger partial charge is 0.0589 e. The monoisotopic (exact) mass is 267 g/mol. The summed E-state index contributed by atoms with van der Waals surface area (Å²) in [5.74, 6) is 0. The molecule has 0 amide bonds. The Bertz CT molecular complexity index is 281. The molecule has 0 aromatic heterocycles. The van der Waals surface area contributed by atoms with Gasteiger partial charge < -0.3 is 10.1 Å². The largest absolute Gasteiger partial charge is 0.383 e. The molecule has 4 nitrogen and oxygen atoms in total. The van der Waals surface area contributed by atoms with Crippen molar-refractivity contribution in [3.8, 4) is 0 Å². The van der Waals surface area contributed by atoms with Gasteiger partial charge in [-0.3, -0.25) is 9.80 Å². The molecule has 4 heteroatoms. The molecule has 0 bridgehead atoms. The molecule has 3 atom stereocenters. The van der Waals surface area contributed by atoms with Gasteiger partial charge in [0, 0.05) is 44.9 Å². The van der Waals surface area contributed by atoms with Crippen molar-refractivity contribution in [2.75, 3.05) is 46.4 Å². The first-order valence-electron chi connectivity index (χ1n) is 8.09. The van der Waals surface area contributed by atoms with Gasteiger partial charge in [-0.1, -0.05) is 0 Å². The van der Waals surface area contributed by atoms with Crippen molar-refractivity contribution < 1.29 is 4.74 Å². The van der Waals surface area contributed by atoms with Crippen molar-refractivity contribution in [1.29, 1.82) is 0 Å². The summed E-state index contributed by atoms with van der Waals surface area (Å²) >= 11 is 0. The molecule has 19 heavy (non-hydrogen) atoms. The van der Waals surface area contributed by atoms with Crippen LogP contribution in [0.1, 0.15) is 32.1 Å². The van der Waals surface area contributed by atoms with Crippen LogP contribution in [0.3, 0.4) is 0 Å². The van der Waals surface area contributed by atoms with Crippen LogP contribution in [0.25, 0.3) is 0 Å². The second-order valence-corrected chi connectivity index (χ2v) is 6.38. The lowest BCUT2D eigenvalue weighted by atomic mass is 10.0. The van der Waals surface area contributed by atoms with Crippen LogP contribution in [0.2, 0.25) is 0 Å². The fraction of sp³-hybridized carbons (Fsp3) is 1.00. The lowest BCUT2D eigenvalue weighted by Crippen LogP contribution is -2.48. The van der Waals surface area contributed by atoms with Crippen molar-refractivity contribution in [2.45, 2.75) is 50.2 Å². The normalized spacial score (nSPS) is 35.4. The van der Waals surface area contributed by atoms with Gasteiger partial charge in [0.2, 0.25) is 0 Å². The maximum atomic E-state index is 5.33. The summed E-state index contributed by atoms with van der Waals surface area (Å²) in [7, 11) is 1.82. The second kappa shape index (κ2) is 6.53. The Labute approximate surface area is 117 Å². The SMILES string of the molecule is COCCN(CC1CCCN1)C1CCN2CCCC12. The van der Waals surface area contributed by atoms with Crippen LogP contribution >= 0.6 is 0 Å². The Morgan fingerprint density at radius 2 is 2.16 bits per heavy atom. The highest BCUT2D eigenvalue weighted by Gasteiger charge is 2.40. The summed E-state index contributed by atoms with van der Waals surface area (Å²) in [5, 5.41) is 3.65. The van der Waals surface area contributed by atoms with Crippen molar-refractivity contribution in [1.82, 2.24) is 15.1 Å². The summed E-state index contributed by atoms with van der Waals surface area (Å²) in [4.78, 5) is 5.44. The maximum absolute atomic E-state index is 5.33. The number of fused-ring (bicyclic) bond motifs is 1. The first kappa shape index (κ1) is 13.8. The van der Waals surface area contributed by atoms with Crippen LogP contribution in [0, 0.1) is 0 Å². The highest BCUT2D eigenvalue weighted by Crippen LogP contribution is 2.31. The Hall–Kier alpha value is -0.160. The molecule has 3 aliphatic heterocycles. The van der Waals surface area contributed by atoms with E-state index in [4.69, 9.17) is 4.74 Å². The highest BCUT2D eigenvalue weighted by molar-refractivity contribution is 4.97. The van der Waals surface area contributed by atoms with Crippen LogP contribution in [0.15, 0.2) is 0 Å². The molecule has 0 radical (unpaired) electrons. The minimum atomic E-state index is 0.715. The van der Waals surface area contributed by atoms with E-state index in [1.807, 2.05) is 7.11 Å². The minimum absolute atomic E-state index is 0.715. The van der Waals surface area contributed by atoms with E-state index in [2.05, 4.69) is 15.1 Å². The molecule has 0 aromatic carbocycles. The van der Waals surface area contributed by atoms with Gasteiger partial charge in [0.1, 0.15) is 0 Å². The molecule has 3 unspecified atom stereocenters. The molecule has 0 aliphatic carbocycles. The summed E-state index contributed by atoms with van der Waals surface area (Å²) in [6.07, 6.45) is 6.88. The number of hydrogen-bond acceptors (Lipinski definition) is 4. The molecule has 0 aromatic rings. The molecule has 1 N–H and O–H groups in total. The lowest BCUT2D eigenvalue weighted by molar-refractivity contribution is 0.0986. The van der Waals surface area contributed by atoms with Gasteiger partial charge in [0.05, 0.1) is 6.61 Å². The van der Waals surface area contributed by atoms with E-state index in [1.54, 1.807) is 0 Å². The second-order valence-electron chi connectivity index (χ2n) is 6.38. The van der Waals surface area contributed by atoms with Gasteiger partial charge in [0.15, 0.2) is 0 Å². The lowest BCUT2D eigenvalue weighted by Gasteiger charge is -2.34. The van der Waals surface area contributed by atoms with Crippen molar-refractivity contribution >= 4 is 0 Å². The Morgan fingerprint density at radius 3 is 2.95 bits per heavy atom. The molecular weight excluding hydrogens is 238 g/mol. The average molecular weight is 267 g/mol. The van der Waals surface area contributed by atoms with Crippen LogP contribution in [0.4, 0.5) is 0 Å². The van der Waals surface area contributed by atoms with Crippen molar-refractivity contribution in [2.24, 2.45) is 0 Å². The Morgan fingerprint density at radius 1 is 1.21 bits per heavy atom. The van der Waals surface area contributed by atoms with E-state index in [0.717, 1.165) is 25.2 Å². The summed E-state index contributed by atoms with van der Waals surface area (Å²) in [6, 6.07) is 2.32. The van der Waals surface area contributed by atoms with Crippen molar-refractivity contribution in [3.63, 3.8) is 0 Å². The van der Waals surface area contributed by atoms with E-state index in [1.165, 1.54) is 58.3 Å². The van der Waals surface area contributed by atoms with Crippen LogP contribution < -0.4 is 5.32 Å². The van der Waals surface area contributed by atoms with E-state index in [-0.39, 0.29) is 0 Å². The predicted octanol–water partition coefficient (Wildman–Crippen LogP) is 0.924. The van der Waals surface area contributed by atoms with E-state index >= 15 is 0 Å². The number of hydrogen-bond donors (Lipinski definition) is 1. The van der Waals surface area contributed by atoms with Crippen LogP contribution in [0.5, 0.6) is 0 Å². The molecule has 3 heterocycles. The highest BCUT2D eigenvalue weighted by atomic mass is 16.5. The summed E-state index contributed by atoms with van der Waals surface area (Å²) in [6.45, 7) is 7.05. The average Bonchev–Trinajstić information content (AvgIpc) is 3.11. The predicted molar refractivity (Wildman–Crippen MR) is 77.5 cm³/mol. The van der Waals surface area contributed by atoms with E-state index < -0.39 is 0 Å². The van der Waals surface area contributed by atoms with Crippen LogP contribution in [-0.4, -0.2) is 74.4 Å². The molecule has 0 spiro atoms. The molecule has 110 valence electrons. The minimum Gasteiger partial charge on any atom is -0.383 e. The first-order valence-corrected chi connectivity index (χ1v) is 8.09. The number of nitrogens with zero attached hydrogens (tertiary/aromatic N) is 2. The van der Waals surface area contributed by atoms with Gasteiger partial charge >= 0.3 is 0 Å². The third kappa shape index (κ3) is 3.13. The third-order valence-corrected chi connectivity index (χ3v) is 5.24. The standard InChI is InChI=1S/C15H29N3O/c1-19-11-10-18(12-13-4-2-7-16-13)15-6-9-17-8-3-5-14(15)17/h13-16H,2-12H2,1H3. The van der Waals surface area contributed by atoms with Gasteiger partial charge in [-0.05, 0) is 45.2 Å². The summed E-state index contributed by atoms with van der Waals surface area (Å²) in [5.41, 5.74) is 0. The Balaban J connectivity index is 1.60. The maximum Gasteiger partial charge on any atom is 0.0589 e. The molecule has 3 aliphatic rings. The topological polar surface area (TPSA) is 27.7 Å². The van der Waals surface area contributed by atoms with E-state index in [9.17, 15) is 0 Å².